The molecule has 0 bridgehead atoms. The molecule has 0 aromatic carbocycles. The first-order valence-corrected chi connectivity index (χ1v) is 9.23. The zero-order valence-electron chi connectivity index (χ0n) is 14.9. The van der Waals surface area contributed by atoms with E-state index in [2.05, 4.69) is 29.8 Å². The molecule has 0 aromatic heterocycles. The minimum absolute atomic E-state index is 0.0303. The van der Waals surface area contributed by atoms with E-state index in [1.54, 1.807) is 0 Å². The molecular weight excluding hydrogens is 308 g/mol. The zero-order valence-corrected chi connectivity index (χ0v) is 16.5. The van der Waals surface area contributed by atoms with Crippen LogP contribution < -0.4 is 16.0 Å². The predicted molar refractivity (Wildman–Crippen MR) is 110 cm³/mol. The molecule has 0 aliphatic rings. The molecule has 22 heavy (non-hydrogen) atoms. The molecule has 0 aliphatic carbocycles. The molecular formula is C15H29B2N3S2. The van der Waals surface area contributed by atoms with E-state index < -0.39 is 0 Å². The normalized spacial score (nSPS) is 14.3. The molecule has 2 radical (unpaired) electrons. The summed E-state index contributed by atoms with van der Waals surface area (Å²) in [4.78, 5) is 1.56. The quantitative estimate of drug-likeness (QED) is 0.413. The Morgan fingerprint density at radius 3 is 2.18 bits per heavy atom. The number of nitrogens with one attached hydrogen (secondary N) is 3. The molecule has 0 spiro atoms. The third-order valence-electron chi connectivity index (χ3n) is 3.52. The fraction of sp³-hybridized carbons (Fsp3) is 0.800. The van der Waals surface area contributed by atoms with Gasteiger partial charge in [-0.2, -0.15) is 0 Å². The van der Waals surface area contributed by atoms with Gasteiger partial charge in [0, 0.05) is 0 Å². The van der Waals surface area contributed by atoms with Crippen LogP contribution >= 0.6 is 24.0 Å². The Morgan fingerprint density at radius 1 is 1.23 bits per heavy atom. The van der Waals surface area contributed by atoms with Gasteiger partial charge in [-0.05, 0) is 0 Å². The van der Waals surface area contributed by atoms with Gasteiger partial charge in [-0.3, -0.25) is 0 Å². The standard InChI is InChI=1S/C15H29B2N3S2/c1-9(2)8-11(19-13(21)10(3)18-6)12(16)20-15(4,5)14(17)22-7/h9-11,18,20H,8H2,1-7H3,(H,19,21). The van der Waals surface area contributed by atoms with Crippen LogP contribution in [0.1, 0.15) is 41.0 Å². The van der Waals surface area contributed by atoms with Crippen molar-refractivity contribution in [1.82, 2.24) is 16.0 Å². The summed E-state index contributed by atoms with van der Waals surface area (Å²) in [7, 11) is 14.3. The first kappa shape index (κ1) is 21.9. The van der Waals surface area contributed by atoms with Crippen LogP contribution in [-0.2, 0) is 0 Å². The Hall–Kier alpha value is -0.130. The van der Waals surface area contributed by atoms with E-state index in [0.717, 1.165) is 16.2 Å². The van der Waals surface area contributed by atoms with Crippen LogP contribution in [-0.4, -0.2) is 61.3 Å². The van der Waals surface area contributed by atoms with E-state index >= 15 is 0 Å². The molecule has 0 saturated heterocycles. The Bertz CT molecular complexity index is 412. The molecule has 3 nitrogen and oxygen atoms in total. The molecule has 122 valence electrons. The summed E-state index contributed by atoms with van der Waals surface area (Å²) in [6.45, 7) is 10.4. The average Bonchev–Trinajstić information content (AvgIpc) is 2.43. The Balaban J connectivity index is 4.99. The van der Waals surface area contributed by atoms with Crippen molar-refractivity contribution in [2.45, 2.75) is 58.7 Å². The molecule has 0 amide bonds. The maximum atomic E-state index is 6.32. The van der Waals surface area contributed by atoms with Crippen molar-refractivity contribution >= 4 is 54.3 Å². The fourth-order valence-corrected chi connectivity index (χ4v) is 2.75. The van der Waals surface area contributed by atoms with Crippen molar-refractivity contribution in [2.24, 2.45) is 5.92 Å². The van der Waals surface area contributed by atoms with E-state index in [9.17, 15) is 0 Å². The maximum absolute atomic E-state index is 6.32. The van der Waals surface area contributed by atoms with Gasteiger partial charge in [-0.25, -0.2) is 0 Å². The number of likely N-dealkylation sites (N-methyl/N-ethyl adjacent to an activating group) is 1. The monoisotopic (exact) mass is 337 g/mol. The van der Waals surface area contributed by atoms with Crippen LogP contribution in [0.2, 0.25) is 0 Å². The second-order valence-corrected chi connectivity index (χ2v) is 7.76. The van der Waals surface area contributed by atoms with Crippen LogP contribution in [0.4, 0.5) is 0 Å². The first-order chi connectivity index (χ1) is 10.0. The molecule has 2 atom stereocenters. The SMILES string of the molecule is [B]=C(NC(C)(C)C(=[B])SC)C(CC(C)C)NC(=S)C(C)NC. The third kappa shape index (κ3) is 7.42. The van der Waals surface area contributed by atoms with Gasteiger partial charge in [-0.1, -0.05) is 0 Å². The van der Waals surface area contributed by atoms with Gasteiger partial charge in [0.2, 0.25) is 0 Å². The molecule has 2 unspecified atom stereocenters. The van der Waals surface area contributed by atoms with E-state index in [0.29, 0.717) is 11.5 Å². The molecule has 0 aromatic rings. The average molecular weight is 337 g/mol. The third-order valence-corrected chi connectivity index (χ3v) is 4.94. The molecule has 7 heteroatoms. The van der Waals surface area contributed by atoms with Crippen LogP contribution in [0.5, 0.6) is 0 Å². The van der Waals surface area contributed by atoms with Gasteiger partial charge in [0.25, 0.3) is 0 Å². The Morgan fingerprint density at radius 2 is 1.77 bits per heavy atom. The first-order valence-electron chi connectivity index (χ1n) is 7.60. The van der Waals surface area contributed by atoms with Gasteiger partial charge in [0.1, 0.15) is 0 Å². The summed E-state index contributed by atoms with van der Waals surface area (Å²) in [5.74, 6) is 0.496. The summed E-state index contributed by atoms with van der Waals surface area (Å²) in [5.41, 5.74) is 0.290. The van der Waals surface area contributed by atoms with Crippen LogP contribution in [0.3, 0.4) is 0 Å². The number of thioether (sulfide) groups is 1. The number of hydrogen-bond acceptors (Lipinski definition) is 4. The van der Waals surface area contributed by atoms with Crippen molar-refractivity contribution in [2.75, 3.05) is 13.3 Å². The predicted octanol–water partition coefficient (Wildman–Crippen LogP) is 1.25. The minimum atomic E-state index is -0.378. The summed E-state index contributed by atoms with van der Waals surface area (Å²) in [6, 6.07) is 0.0746. The molecule has 0 rings (SSSR count). The van der Waals surface area contributed by atoms with E-state index in [-0.39, 0.29) is 17.6 Å². The topological polar surface area (TPSA) is 36.1 Å². The summed E-state index contributed by atoms with van der Waals surface area (Å²) in [5, 5.41) is 9.85. The van der Waals surface area contributed by atoms with Gasteiger partial charge in [0.05, 0.1) is 0 Å². The molecule has 0 aliphatic heterocycles. The number of thiocarbonyl (C=S) groups is 1. The second kappa shape index (κ2) is 9.89. The summed E-state index contributed by atoms with van der Waals surface area (Å²) < 4.78 is 0. The number of hydrogen-bond donors (Lipinski definition) is 3. The van der Waals surface area contributed by atoms with Gasteiger partial charge < -0.3 is 0 Å². The van der Waals surface area contributed by atoms with E-state index in [1.165, 1.54) is 11.8 Å². The van der Waals surface area contributed by atoms with Crippen molar-refractivity contribution in [3.63, 3.8) is 0 Å². The van der Waals surface area contributed by atoms with Crippen LogP contribution in [0, 0.1) is 5.92 Å². The van der Waals surface area contributed by atoms with Crippen molar-refractivity contribution in [1.29, 1.82) is 0 Å². The van der Waals surface area contributed by atoms with Crippen molar-refractivity contribution < 1.29 is 0 Å². The van der Waals surface area contributed by atoms with Crippen LogP contribution in [0.25, 0.3) is 0 Å². The molecule has 0 heterocycles. The van der Waals surface area contributed by atoms with Gasteiger partial charge in [-0.15, -0.1) is 0 Å². The van der Waals surface area contributed by atoms with E-state index in [1.807, 2.05) is 34.1 Å². The zero-order chi connectivity index (χ0) is 17.5. The Labute approximate surface area is 148 Å². The fourth-order valence-electron chi connectivity index (χ4n) is 1.93. The molecule has 0 fully saturated rings. The number of rotatable bonds is 10. The van der Waals surface area contributed by atoms with Crippen molar-refractivity contribution in [3.05, 3.63) is 0 Å². The molecule has 3 N–H and O–H groups in total. The Kier molecular flexibility index (Phi) is 9.83. The van der Waals surface area contributed by atoms with Crippen LogP contribution in [0.15, 0.2) is 0 Å². The summed E-state index contributed by atoms with van der Waals surface area (Å²) >= 11 is 6.96. The van der Waals surface area contributed by atoms with Gasteiger partial charge >= 0.3 is 148 Å². The molecule has 0 saturated carbocycles. The van der Waals surface area contributed by atoms with E-state index in [4.69, 9.17) is 27.2 Å². The van der Waals surface area contributed by atoms with Crippen molar-refractivity contribution in [3.8, 4) is 0 Å². The second-order valence-electron chi connectivity index (χ2n) is 6.47. The van der Waals surface area contributed by atoms with Gasteiger partial charge in [0.15, 0.2) is 0 Å². The summed E-state index contributed by atoms with van der Waals surface area (Å²) in [6.07, 6.45) is 2.85.